The highest BCUT2D eigenvalue weighted by atomic mass is 79.9. The predicted molar refractivity (Wildman–Crippen MR) is 64.8 cm³/mol. The molecule has 0 unspecified atom stereocenters. The largest absolute Gasteiger partial charge is 0.372 e. The van der Waals surface area contributed by atoms with E-state index in [4.69, 9.17) is 0 Å². The maximum atomic E-state index is 4.43. The quantitative estimate of drug-likeness (QED) is 0.900. The lowest BCUT2D eigenvalue weighted by atomic mass is 10.2. The molecule has 1 N–H and O–H groups in total. The van der Waals surface area contributed by atoms with Crippen molar-refractivity contribution in [1.82, 2.24) is 4.98 Å². The molecule has 0 radical (unpaired) electrons. The summed E-state index contributed by atoms with van der Waals surface area (Å²) in [5, 5.41) is 6.07. The van der Waals surface area contributed by atoms with Crippen molar-refractivity contribution in [2.24, 2.45) is 0 Å². The van der Waals surface area contributed by atoms with Crippen LogP contribution in [-0.4, -0.2) is 12.0 Å². The zero-order valence-corrected chi connectivity index (χ0v) is 10.0. The molecular weight excluding hydrogens is 260 g/mol. The fraction of sp³-hybridized carbons (Fsp3) is 0.100. The lowest BCUT2D eigenvalue weighted by Gasteiger charge is -1.96. The van der Waals surface area contributed by atoms with Crippen LogP contribution >= 0.6 is 27.3 Å². The van der Waals surface area contributed by atoms with Gasteiger partial charge >= 0.3 is 0 Å². The van der Waals surface area contributed by atoms with Gasteiger partial charge in [0.25, 0.3) is 0 Å². The van der Waals surface area contributed by atoms with Gasteiger partial charge in [0.05, 0.1) is 0 Å². The number of nitrogens with zero attached hydrogens (tertiary/aromatic N) is 1. The third-order valence-electron chi connectivity index (χ3n) is 1.83. The second-order valence-electron chi connectivity index (χ2n) is 2.80. The number of halogens is 1. The van der Waals surface area contributed by atoms with Crippen molar-refractivity contribution in [3.05, 3.63) is 34.1 Å². The summed E-state index contributed by atoms with van der Waals surface area (Å²) >= 11 is 5.09. The summed E-state index contributed by atoms with van der Waals surface area (Å²) in [6.07, 6.45) is 0. The average Bonchev–Trinajstić information content (AvgIpc) is 2.66. The lowest BCUT2D eigenvalue weighted by molar-refractivity contribution is 1.35. The molecule has 0 saturated carbocycles. The highest BCUT2D eigenvalue weighted by Gasteiger charge is 2.03. The molecule has 4 heteroatoms. The monoisotopic (exact) mass is 268 g/mol. The summed E-state index contributed by atoms with van der Waals surface area (Å²) in [5.74, 6) is 0.921. The highest BCUT2D eigenvalue weighted by molar-refractivity contribution is 9.10. The molecule has 0 amide bonds. The van der Waals surface area contributed by atoms with Crippen LogP contribution in [0, 0.1) is 0 Å². The molecule has 0 bridgehead atoms. The summed E-state index contributed by atoms with van der Waals surface area (Å²) in [6, 6.07) is 8.15. The van der Waals surface area contributed by atoms with Crippen LogP contribution in [0.25, 0.3) is 10.6 Å². The smallest absolute Gasteiger partial charge is 0.137 e. The van der Waals surface area contributed by atoms with Crippen LogP contribution in [0.15, 0.2) is 34.1 Å². The molecule has 0 atom stereocenters. The van der Waals surface area contributed by atoms with E-state index in [1.165, 1.54) is 0 Å². The number of hydrogen-bond acceptors (Lipinski definition) is 3. The van der Waals surface area contributed by atoms with E-state index < -0.39 is 0 Å². The average molecular weight is 269 g/mol. The van der Waals surface area contributed by atoms with Gasteiger partial charge in [-0.2, -0.15) is 0 Å². The Bertz CT molecular complexity index is 439. The first kappa shape index (κ1) is 9.68. The Morgan fingerprint density at radius 1 is 1.43 bits per heavy atom. The van der Waals surface area contributed by atoms with Crippen molar-refractivity contribution in [2.75, 3.05) is 12.4 Å². The Balaban J connectivity index is 2.39. The lowest BCUT2D eigenvalue weighted by Crippen LogP contribution is -1.86. The van der Waals surface area contributed by atoms with Gasteiger partial charge in [-0.1, -0.05) is 28.1 Å². The SMILES string of the molecule is CNc1csc(-c2cccc(Br)c2)n1. The van der Waals surface area contributed by atoms with E-state index in [0.717, 1.165) is 20.9 Å². The molecule has 0 aliphatic heterocycles. The van der Waals surface area contributed by atoms with Crippen molar-refractivity contribution >= 4 is 33.1 Å². The van der Waals surface area contributed by atoms with Crippen molar-refractivity contribution in [2.45, 2.75) is 0 Å². The molecule has 0 aliphatic carbocycles. The number of benzene rings is 1. The minimum absolute atomic E-state index is 0.921. The van der Waals surface area contributed by atoms with E-state index >= 15 is 0 Å². The van der Waals surface area contributed by atoms with E-state index in [-0.39, 0.29) is 0 Å². The van der Waals surface area contributed by atoms with Gasteiger partial charge in [0, 0.05) is 22.5 Å². The Hall–Kier alpha value is -0.870. The van der Waals surface area contributed by atoms with Crippen LogP contribution in [0.5, 0.6) is 0 Å². The van der Waals surface area contributed by atoms with Crippen molar-refractivity contribution in [3.63, 3.8) is 0 Å². The van der Waals surface area contributed by atoms with Crippen LogP contribution in [-0.2, 0) is 0 Å². The number of rotatable bonds is 2. The van der Waals surface area contributed by atoms with Crippen molar-refractivity contribution in [1.29, 1.82) is 0 Å². The molecular formula is C10H9BrN2S. The number of hydrogen-bond donors (Lipinski definition) is 1. The van der Waals surface area contributed by atoms with Gasteiger partial charge in [-0.3, -0.25) is 0 Å². The normalized spacial score (nSPS) is 10.1. The van der Waals surface area contributed by atoms with Gasteiger partial charge in [-0.05, 0) is 12.1 Å². The number of anilines is 1. The molecule has 2 rings (SSSR count). The molecule has 2 nitrogen and oxygen atoms in total. The minimum atomic E-state index is 0.921. The number of thiazole rings is 1. The van der Waals surface area contributed by atoms with E-state index in [2.05, 4.69) is 38.4 Å². The Morgan fingerprint density at radius 2 is 2.29 bits per heavy atom. The third kappa shape index (κ3) is 1.96. The zero-order chi connectivity index (χ0) is 9.97. The van der Waals surface area contributed by atoms with Gasteiger partial charge in [0.2, 0.25) is 0 Å². The van der Waals surface area contributed by atoms with Gasteiger partial charge < -0.3 is 5.32 Å². The first-order valence-corrected chi connectivity index (χ1v) is 5.86. The predicted octanol–water partition coefficient (Wildman–Crippen LogP) is 3.61. The molecule has 14 heavy (non-hydrogen) atoms. The Kier molecular flexibility index (Phi) is 2.84. The fourth-order valence-corrected chi connectivity index (χ4v) is 2.35. The van der Waals surface area contributed by atoms with Crippen molar-refractivity contribution in [3.8, 4) is 10.6 Å². The van der Waals surface area contributed by atoms with Crippen LogP contribution in [0.4, 0.5) is 5.82 Å². The molecule has 0 spiro atoms. The first-order chi connectivity index (χ1) is 6.79. The second-order valence-corrected chi connectivity index (χ2v) is 4.57. The molecule has 1 aromatic heterocycles. The summed E-state index contributed by atoms with van der Waals surface area (Å²) in [6.45, 7) is 0. The van der Waals surface area contributed by atoms with Crippen LogP contribution in [0.1, 0.15) is 0 Å². The van der Waals surface area contributed by atoms with E-state index in [1.807, 2.05) is 24.6 Å². The standard InChI is InChI=1S/C10H9BrN2S/c1-12-9-6-14-10(13-9)7-3-2-4-8(11)5-7/h2-6,12H,1H3. The molecule has 0 saturated heterocycles. The van der Waals surface area contributed by atoms with Crippen LogP contribution in [0.2, 0.25) is 0 Å². The molecule has 1 aromatic carbocycles. The summed E-state index contributed by atoms with van der Waals surface area (Å²) in [4.78, 5) is 4.43. The molecule has 1 heterocycles. The van der Waals surface area contributed by atoms with Gasteiger partial charge in [-0.15, -0.1) is 11.3 Å². The summed E-state index contributed by atoms with van der Waals surface area (Å²) in [7, 11) is 1.87. The topological polar surface area (TPSA) is 24.9 Å². The molecule has 0 fully saturated rings. The number of nitrogens with one attached hydrogen (secondary N) is 1. The number of aromatic nitrogens is 1. The molecule has 0 aliphatic rings. The van der Waals surface area contributed by atoms with Crippen LogP contribution in [0.3, 0.4) is 0 Å². The van der Waals surface area contributed by atoms with Crippen molar-refractivity contribution < 1.29 is 0 Å². The van der Waals surface area contributed by atoms with E-state index in [1.54, 1.807) is 11.3 Å². The zero-order valence-electron chi connectivity index (χ0n) is 7.62. The van der Waals surface area contributed by atoms with E-state index in [0.29, 0.717) is 0 Å². The summed E-state index contributed by atoms with van der Waals surface area (Å²) < 4.78 is 1.08. The Labute approximate surface area is 95.1 Å². The fourth-order valence-electron chi connectivity index (χ4n) is 1.14. The highest BCUT2D eigenvalue weighted by Crippen LogP contribution is 2.27. The third-order valence-corrected chi connectivity index (χ3v) is 3.22. The van der Waals surface area contributed by atoms with E-state index in [9.17, 15) is 0 Å². The maximum absolute atomic E-state index is 4.43. The maximum Gasteiger partial charge on any atom is 0.137 e. The van der Waals surface area contributed by atoms with Gasteiger partial charge in [0.15, 0.2) is 0 Å². The first-order valence-electron chi connectivity index (χ1n) is 4.19. The second kappa shape index (κ2) is 4.11. The minimum Gasteiger partial charge on any atom is -0.372 e. The molecule has 72 valence electrons. The Morgan fingerprint density at radius 3 is 2.93 bits per heavy atom. The van der Waals surface area contributed by atoms with Gasteiger partial charge in [0.1, 0.15) is 10.8 Å². The van der Waals surface area contributed by atoms with Gasteiger partial charge in [-0.25, -0.2) is 4.98 Å². The molecule has 2 aromatic rings. The summed E-state index contributed by atoms with van der Waals surface area (Å²) in [5.41, 5.74) is 1.14. The van der Waals surface area contributed by atoms with Crippen LogP contribution < -0.4 is 5.32 Å².